The van der Waals surface area contributed by atoms with Crippen LogP contribution in [0.3, 0.4) is 0 Å². The lowest BCUT2D eigenvalue weighted by Gasteiger charge is -1.82. The van der Waals surface area contributed by atoms with Crippen molar-refractivity contribution in [1.29, 1.82) is 0 Å². The maximum Gasteiger partial charge on any atom is -0.0218 e. The lowest BCUT2D eigenvalue weighted by molar-refractivity contribution is 1.23. The van der Waals surface area contributed by atoms with Gasteiger partial charge in [-0.15, -0.1) is 0 Å². The van der Waals surface area contributed by atoms with Crippen molar-refractivity contribution in [3.63, 3.8) is 0 Å². The van der Waals surface area contributed by atoms with Gasteiger partial charge in [-0.2, -0.15) is 0 Å². The molecule has 0 rings (SSSR count). The van der Waals surface area contributed by atoms with E-state index in [-0.39, 0.29) is 0 Å². The summed E-state index contributed by atoms with van der Waals surface area (Å²) in [5, 5.41) is 4.19. The minimum absolute atomic E-state index is 1.13. The molecule has 0 bridgehead atoms. The number of allylic oxidation sites excluding steroid dienone is 2. The van der Waals surface area contributed by atoms with E-state index in [4.69, 9.17) is 0 Å². The third-order valence-corrected chi connectivity index (χ3v) is 2.43. The molecule has 2 heteroatoms. The molecule has 0 amide bonds. The molecule has 0 saturated carbocycles. The fourth-order valence-corrected chi connectivity index (χ4v) is 1.72. The fraction of sp³-hybridized carbons (Fsp3) is 0.429. The van der Waals surface area contributed by atoms with E-state index in [2.05, 4.69) is 23.8 Å². The zero-order chi connectivity index (χ0) is 6.95. The maximum absolute atomic E-state index is 2.15. The molecule has 0 aliphatic rings. The van der Waals surface area contributed by atoms with Crippen molar-refractivity contribution in [2.75, 3.05) is 0 Å². The first-order valence-electron chi connectivity index (χ1n) is 3.00. The Bertz CT molecular complexity index is 95.1. The quantitative estimate of drug-likeness (QED) is 0.453. The number of hydrogen-bond donors (Lipinski definition) is 0. The van der Waals surface area contributed by atoms with Crippen molar-refractivity contribution >= 4 is 21.6 Å². The number of rotatable bonds is 4. The molecule has 0 radical (unpaired) electrons. The van der Waals surface area contributed by atoms with Gasteiger partial charge in [0.15, 0.2) is 0 Å². The summed E-state index contributed by atoms with van der Waals surface area (Å²) in [5.41, 5.74) is 0. The Morgan fingerprint density at radius 1 is 1.22 bits per heavy atom. The van der Waals surface area contributed by atoms with E-state index >= 15 is 0 Å². The van der Waals surface area contributed by atoms with Gasteiger partial charge >= 0.3 is 0 Å². The van der Waals surface area contributed by atoms with Crippen molar-refractivity contribution < 1.29 is 0 Å². The van der Waals surface area contributed by atoms with Crippen molar-refractivity contribution in [2.24, 2.45) is 0 Å². The van der Waals surface area contributed by atoms with Crippen LogP contribution in [0.15, 0.2) is 23.0 Å². The molecule has 0 unspecified atom stereocenters. The Morgan fingerprint density at radius 3 is 2.44 bits per heavy atom. The monoisotopic (exact) mass is 160 g/mol. The van der Waals surface area contributed by atoms with Crippen LogP contribution in [-0.2, 0) is 0 Å². The van der Waals surface area contributed by atoms with E-state index in [1.54, 1.807) is 21.6 Å². The SMILES string of the molecule is CC=CSSC=CCC. The molecule has 0 aromatic rings. The van der Waals surface area contributed by atoms with Crippen molar-refractivity contribution in [1.82, 2.24) is 0 Å². The third-order valence-electron chi connectivity index (χ3n) is 0.635. The highest BCUT2D eigenvalue weighted by Gasteiger charge is 1.73. The van der Waals surface area contributed by atoms with Gasteiger partial charge in [-0.1, -0.05) is 40.7 Å². The van der Waals surface area contributed by atoms with E-state index in [0.717, 1.165) is 6.42 Å². The summed E-state index contributed by atoms with van der Waals surface area (Å²) < 4.78 is 0. The van der Waals surface area contributed by atoms with E-state index < -0.39 is 0 Å². The van der Waals surface area contributed by atoms with Crippen LogP contribution in [0, 0.1) is 0 Å². The molecule has 0 spiro atoms. The highest BCUT2D eigenvalue weighted by atomic mass is 33.1. The van der Waals surface area contributed by atoms with Crippen LogP contribution in [0.4, 0.5) is 0 Å². The Balaban J connectivity index is 2.99. The van der Waals surface area contributed by atoms with Crippen LogP contribution < -0.4 is 0 Å². The number of hydrogen-bond acceptors (Lipinski definition) is 2. The zero-order valence-electron chi connectivity index (χ0n) is 5.83. The van der Waals surface area contributed by atoms with Crippen molar-refractivity contribution in [2.45, 2.75) is 20.3 Å². The van der Waals surface area contributed by atoms with Gasteiger partial charge in [0.1, 0.15) is 0 Å². The average molecular weight is 160 g/mol. The summed E-state index contributed by atoms with van der Waals surface area (Å²) >= 11 is 0. The summed E-state index contributed by atoms with van der Waals surface area (Å²) in [6.45, 7) is 4.16. The average Bonchev–Trinajstić information content (AvgIpc) is 1.89. The van der Waals surface area contributed by atoms with Crippen LogP contribution in [0.2, 0.25) is 0 Å². The molecular weight excluding hydrogens is 148 g/mol. The Kier molecular flexibility index (Phi) is 8.34. The van der Waals surface area contributed by atoms with Gasteiger partial charge < -0.3 is 0 Å². The normalized spacial score (nSPS) is 11.8. The lowest BCUT2D eigenvalue weighted by atomic mass is 10.5. The zero-order valence-corrected chi connectivity index (χ0v) is 7.47. The minimum atomic E-state index is 1.13. The van der Waals surface area contributed by atoms with Gasteiger partial charge in [0.2, 0.25) is 0 Å². The van der Waals surface area contributed by atoms with E-state index in [9.17, 15) is 0 Å². The van der Waals surface area contributed by atoms with Gasteiger partial charge in [-0.05, 0) is 24.2 Å². The van der Waals surface area contributed by atoms with Gasteiger partial charge in [0.25, 0.3) is 0 Å². The van der Waals surface area contributed by atoms with Gasteiger partial charge in [0.05, 0.1) is 0 Å². The van der Waals surface area contributed by atoms with Crippen molar-refractivity contribution in [3.8, 4) is 0 Å². The molecule has 0 N–H and O–H groups in total. The summed E-state index contributed by atoms with van der Waals surface area (Å²) in [5.74, 6) is 0. The predicted octanol–water partition coefficient (Wildman–Crippen LogP) is 3.83. The summed E-state index contributed by atoms with van der Waals surface area (Å²) in [6, 6.07) is 0. The van der Waals surface area contributed by atoms with E-state index in [0.29, 0.717) is 0 Å². The van der Waals surface area contributed by atoms with Crippen molar-refractivity contribution in [3.05, 3.63) is 23.0 Å². The third kappa shape index (κ3) is 8.18. The minimum Gasteiger partial charge on any atom is -0.0805 e. The second-order valence-electron chi connectivity index (χ2n) is 1.44. The van der Waals surface area contributed by atoms with Gasteiger partial charge in [-0.25, -0.2) is 0 Å². The first-order valence-corrected chi connectivity index (χ1v) is 5.27. The lowest BCUT2D eigenvalue weighted by Crippen LogP contribution is -1.46. The molecule has 0 aliphatic carbocycles. The molecular formula is C7H12S2. The smallest absolute Gasteiger partial charge is 0.0218 e. The van der Waals surface area contributed by atoms with Gasteiger partial charge in [-0.3, -0.25) is 0 Å². The predicted molar refractivity (Wildman–Crippen MR) is 49.4 cm³/mol. The molecule has 0 aromatic heterocycles. The van der Waals surface area contributed by atoms with Crippen LogP contribution in [-0.4, -0.2) is 0 Å². The summed E-state index contributed by atoms with van der Waals surface area (Å²) in [7, 11) is 3.49. The second kappa shape index (κ2) is 8.18. The van der Waals surface area contributed by atoms with Crippen LogP contribution in [0.1, 0.15) is 20.3 Å². The molecule has 9 heavy (non-hydrogen) atoms. The highest BCUT2D eigenvalue weighted by Crippen LogP contribution is 2.23. The maximum atomic E-state index is 2.15. The molecule has 0 aromatic carbocycles. The largest absolute Gasteiger partial charge is 0.0805 e. The first kappa shape index (κ1) is 9.18. The Hall–Kier alpha value is 0.180. The summed E-state index contributed by atoms with van der Waals surface area (Å²) in [6.07, 6.45) is 5.32. The highest BCUT2D eigenvalue weighted by molar-refractivity contribution is 8.78. The summed E-state index contributed by atoms with van der Waals surface area (Å²) in [4.78, 5) is 0. The van der Waals surface area contributed by atoms with Crippen LogP contribution >= 0.6 is 21.6 Å². The molecule has 52 valence electrons. The molecule has 0 aliphatic heterocycles. The van der Waals surface area contributed by atoms with E-state index in [1.807, 2.05) is 13.0 Å². The van der Waals surface area contributed by atoms with Crippen LogP contribution in [0.25, 0.3) is 0 Å². The molecule has 0 nitrogen and oxygen atoms in total. The molecule has 0 heterocycles. The van der Waals surface area contributed by atoms with Gasteiger partial charge in [0, 0.05) is 0 Å². The molecule has 0 atom stereocenters. The standard InChI is InChI=1S/C7H12S2/c1-3-5-7-9-8-6-4-2/h4-7H,3H2,1-2H3. The van der Waals surface area contributed by atoms with Crippen LogP contribution in [0.5, 0.6) is 0 Å². The first-order chi connectivity index (χ1) is 4.41. The van der Waals surface area contributed by atoms with E-state index in [1.165, 1.54) is 0 Å². The fourth-order valence-electron chi connectivity index (χ4n) is 0.255. The Labute approximate surface area is 65.2 Å². The Morgan fingerprint density at radius 2 is 1.89 bits per heavy atom. The molecule has 0 saturated heterocycles. The molecule has 0 fully saturated rings. The second-order valence-corrected chi connectivity index (χ2v) is 3.53. The topological polar surface area (TPSA) is 0 Å².